The second-order valence-electron chi connectivity index (χ2n) is 6.29. The highest BCUT2D eigenvalue weighted by Gasteiger charge is 2.14. The van der Waals surface area contributed by atoms with E-state index in [1.807, 2.05) is 42.5 Å². The van der Waals surface area contributed by atoms with Crippen LogP contribution in [0.1, 0.15) is 11.1 Å². The summed E-state index contributed by atoms with van der Waals surface area (Å²) in [6.07, 6.45) is 3.55. The number of aromatic hydroxyl groups is 2. The van der Waals surface area contributed by atoms with Crippen molar-refractivity contribution in [3.05, 3.63) is 82.3 Å². The third kappa shape index (κ3) is 3.12. The lowest BCUT2D eigenvalue weighted by Crippen LogP contribution is -2.14. The van der Waals surface area contributed by atoms with Crippen molar-refractivity contribution in [3.63, 3.8) is 0 Å². The van der Waals surface area contributed by atoms with Crippen molar-refractivity contribution in [1.29, 1.82) is 0 Å². The van der Waals surface area contributed by atoms with Gasteiger partial charge >= 0.3 is 5.69 Å². The Balaban J connectivity index is 1.79. The van der Waals surface area contributed by atoms with Gasteiger partial charge in [-0.2, -0.15) is 0 Å². The number of nitrogens with zero attached hydrogens (tertiary/aromatic N) is 1. The number of hydrogen-bond donors (Lipinski definition) is 3. The summed E-state index contributed by atoms with van der Waals surface area (Å²) >= 11 is 0. The van der Waals surface area contributed by atoms with E-state index in [0.29, 0.717) is 16.6 Å². The fourth-order valence-corrected chi connectivity index (χ4v) is 3.09. The molecule has 0 bridgehead atoms. The molecule has 0 aliphatic carbocycles. The zero-order chi connectivity index (χ0) is 19.7. The second-order valence-corrected chi connectivity index (χ2v) is 6.29. The molecule has 0 spiro atoms. The van der Waals surface area contributed by atoms with Gasteiger partial charge in [-0.3, -0.25) is 4.57 Å². The molecule has 1 aromatic heterocycles. The number of benzene rings is 3. The highest BCUT2D eigenvalue weighted by molar-refractivity contribution is 5.80. The van der Waals surface area contributed by atoms with Crippen LogP contribution in [-0.2, 0) is 0 Å². The van der Waals surface area contributed by atoms with Gasteiger partial charge in [0.25, 0.3) is 0 Å². The molecule has 4 aromatic rings. The zero-order valence-corrected chi connectivity index (χ0v) is 15.1. The molecule has 0 aliphatic rings. The fraction of sp³-hybridized carbons (Fsp3) is 0.0455. The first kappa shape index (κ1) is 17.5. The number of nitrogens with one attached hydrogen (secondary N) is 1. The van der Waals surface area contributed by atoms with Crippen molar-refractivity contribution in [2.45, 2.75) is 0 Å². The number of imidazole rings is 1. The number of aromatic nitrogens is 2. The van der Waals surface area contributed by atoms with Crippen molar-refractivity contribution in [3.8, 4) is 22.9 Å². The highest BCUT2D eigenvalue weighted by atomic mass is 16.5. The summed E-state index contributed by atoms with van der Waals surface area (Å²) in [4.78, 5) is 15.2. The summed E-state index contributed by atoms with van der Waals surface area (Å²) in [5.74, 6) is 0.482. The number of rotatable bonds is 4. The van der Waals surface area contributed by atoms with E-state index in [4.69, 9.17) is 4.74 Å². The molecule has 3 N–H and O–H groups in total. The minimum absolute atomic E-state index is 0.0844. The van der Waals surface area contributed by atoms with Crippen LogP contribution in [0.4, 0.5) is 0 Å². The molecule has 0 atom stereocenters. The van der Waals surface area contributed by atoms with E-state index < -0.39 is 0 Å². The first-order valence-electron chi connectivity index (χ1n) is 8.65. The van der Waals surface area contributed by atoms with Crippen molar-refractivity contribution in [2.75, 3.05) is 7.11 Å². The molecule has 1 heterocycles. The van der Waals surface area contributed by atoms with Crippen LogP contribution in [0.25, 0.3) is 28.9 Å². The third-order valence-electron chi connectivity index (χ3n) is 4.53. The van der Waals surface area contributed by atoms with Crippen LogP contribution >= 0.6 is 0 Å². The number of fused-ring (bicyclic) bond motifs is 1. The first-order chi connectivity index (χ1) is 13.6. The predicted octanol–water partition coefficient (Wildman–Crippen LogP) is 3.91. The van der Waals surface area contributed by atoms with Crippen LogP contribution in [0.15, 0.2) is 65.5 Å². The van der Waals surface area contributed by atoms with Crippen molar-refractivity contribution in [2.24, 2.45) is 0 Å². The van der Waals surface area contributed by atoms with Gasteiger partial charge in [0.15, 0.2) is 0 Å². The maximum atomic E-state index is 12.4. The molecule has 6 nitrogen and oxygen atoms in total. The standard InChI is InChI=1S/C22H18N2O4/c1-28-16-10-7-14(8-11-16)6-9-15-12-19(21(26)13-20(15)25)24-18-5-3-2-4-17(18)23-22(24)27/h2-13,25-26H,1H3,(H,23,27)/b9-6+. The molecule has 0 aliphatic heterocycles. The Morgan fingerprint density at radius 2 is 1.71 bits per heavy atom. The van der Waals surface area contributed by atoms with Crippen LogP contribution in [0, 0.1) is 0 Å². The average Bonchev–Trinajstić information content (AvgIpc) is 3.03. The molecular formula is C22H18N2O4. The second kappa shape index (κ2) is 7.00. The molecule has 0 radical (unpaired) electrons. The van der Waals surface area contributed by atoms with E-state index in [1.54, 1.807) is 31.4 Å². The molecular weight excluding hydrogens is 356 g/mol. The lowest BCUT2D eigenvalue weighted by molar-refractivity contribution is 0.415. The fourth-order valence-electron chi connectivity index (χ4n) is 3.09. The van der Waals surface area contributed by atoms with Gasteiger partial charge in [0, 0.05) is 11.6 Å². The van der Waals surface area contributed by atoms with Crippen LogP contribution in [0.2, 0.25) is 0 Å². The summed E-state index contributed by atoms with van der Waals surface area (Å²) in [6, 6.07) is 17.5. The van der Waals surface area contributed by atoms with Gasteiger partial charge in [0.2, 0.25) is 0 Å². The number of phenols is 2. The van der Waals surface area contributed by atoms with Crippen LogP contribution < -0.4 is 10.4 Å². The summed E-state index contributed by atoms with van der Waals surface area (Å²) in [5, 5.41) is 20.6. The molecule has 4 rings (SSSR count). The number of para-hydroxylation sites is 2. The third-order valence-corrected chi connectivity index (χ3v) is 4.53. The molecule has 0 saturated carbocycles. The summed E-state index contributed by atoms with van der Waals surface area (Å²) in [5.41, 5.74) is 2.61. The molecule has 0 unspecified atom stereocenters. The molecule has 3 aromatic carbocycles. The van der Waals surface area contributed by atoms with Gasteiger partial charge in [-0.15, -0.1) is 0 Å². The maximum Gasteiger partial charge on any atom is 0.331 e. The zero-order valence-electron chi connectivity index (χ0n) is 15.1. The van der Waals surface area contributed by atoms with E-state index in [9.17, 15) is 15.0 Å². The van der Waals surface area contributed by atoms with Crippen molar-refractivity contribution >= 4 is 23.2 Å². The minimum Gasteiger partial charge on any atom is -0.507 e. The average molecular weight is 374 g/mol. The topological polar surface area (TPSA) is 87.5 Å². The van der Waals surface area contributed by atoms with Crippen LogP contribution in [0.3, 0.4) is 0 Å². The monoisotopic (exact) mass is 374 g/mol. The smallest absolute Gasteiger partial charge is 0.331 e. The number of hydrogen-bond acceptors (Lipinski definition) is 4. The first-order valence-corrected chi connectivity index (χ1v) is 8.65. The lowest BCUT2D eigenvalue weighted by atomic mass is 10.1. The van der Waals surface area contributed by atoms with E-state index >= 15 is 0 Å². The molecule has 28 heavy (non-hydrogen) atoms. The Hall–Kier alpha value is -3.93. The minimum atomic E-state index is -0.368. The van der Waals surface area contributed by atoms with E-state index in [0.717, 1.165) is 11.3 Å². The lowest BCUT2D eigenvalue weighted by Gasteiger charge is -2.09. The Kier molecular flexibility index (Phi) is 4.37. The number of methoxy groups -OCH3 is 1. The van der Waals surface area contributed by atoms with Crippen LogP contribution in [-0.4, -0.2) is 26.9 Å². The van der Waals surface area contributed by atoms with Gasteiger partial charge in [0.05, 0.1) is 23.8 Å². The Morgan fingerprint density at radius 3 is 2.46 bits per heavy atom. The van der Waals surface area contributed by atoms with E-state index in [2.05, 4.69) is 4.98 Å². The van der Waals surface area contributed by atoms with E-state index in [-0.39, 0.29) is 22.9 Å². The quantitative estimate of drug-likeness (QED) is 0.473. The molecule has 0 saturated heterocycles. The molecule has 6 heteroatoms. The summed E-state index contributed by atoms with van der Waals surface area (Å²) in [7, 11) is 1.60. The molecule has 140 valence electrons. The van der Waals surface area contributed by atoms with Gasteiger partial charge < -0.3 is 19.9 Å². The Morgan fingerprint density at radius 1 is 0.964 bits per heavy atom. The maximum absolute atomic E-state index is 12.4. The number of ether oxygens (including phenoxy) is 1. The van der Waals surface area contributed by atoms with Gasteiger partial charge in [-0.1, -0.05) is 36.4 Å². The Labute approximate surface area is 160 Å². The van der Waals surface area contributed by atoms with E-state index in [1.165, 1.54) is 10.6 Å². The van der Waals surface area contributed by atoms with Gasteiger partial charge in [-0.05, 0) is 35.9 Å². The number of H-pyrrole nitrogens is 1. The number of aromatic amines is 1. The van der Waals surface area contributed by atoms with Gasteiger partial charge in [-0.25, -0.2) is 4.79 Å². The molecule has 0 amide bonds. The largest absolute Gasteiger partial charge is 0.507 e. The van der Waals surface area contributed by atoms with Crippen molar-refractivity contribution < 1.29 is 14.9 Å². The summed E-state index contributed by atoms with van der Waals surface area (Å²) in [6.45, 7) is 0. The van der Waals surface area contributed by atoms with Crippen molar-refractivity contribution in [1.82, 2.24) is 9.55 Å². The SMILES string of the molecule is COc1ccc(/C=C/c2cc(-n3c(=O)[nH]c4ccccc43)c(O)cc2O)cc1. The highest BCUT2D eigenvalue weighted by Crippen LogP contribution is 2.32. The summed E-state index contributed by atoms with van der Waals surface area (Å²) < 4.78 is 6.52. The molecule has 0 fully saturated rings. The van der Waals surface area contributed by atoms with Crippen LogP contribution in [0.5, 0.6) is 17.2 Å². The normalized spacial score (nSPS) is 11.3. The predicted molar refractivity (Wildman–Crippen MR) is 109 cm³/mol. The Bertz CT molecular complexity index is 1230. The van der Waals surface area contributed by atoms with Gasteiger partial charge in [0.1, 0.15) is 17.2 Å². The number of phenolic OH excluding ortho intramolecular Hbond substituents is 2.